The van der Waals surface area contributed by atoms with Gasteiger partial charge in [-0.15, -0.1) is 0 Å². The zero-order chi connectivity index (χ0) is 47.7. The Labute approximate surface area is 377 Å². The van der Waals surface area contributed by atoms with Crippen LogP contribution in [0.2, 0.25) is 0 Å². The summed E-state index contributed by atoms with van der Waals surface area (Å²) >= 11 is 1.42. The van der Waals surface area contributed by atoms with Crippen molar-refractivity contribution in [2.45, 2.75) is 128 Å². The van der Waals surface area contributed by atoms with Crippen LogP contribution < -0.4 is 37.6 Å². The van der Waals surface area contributed by atoms with Gasteiger partial charge in [-0.1, -0.05) is 52.3 Å². The fraction of sp³-hybridized carbons (Fsp3) is 0.605. The van der Waals surface area contributed by atoms with Crippen molar-refractivity contribution in [1.82, 2.24) is 41.8 Å². The quantitative estimate of drug-likeness (QED) is 0.0612. The van der Waals surface area contributed by atoms with Gasteiger partial charge in [-0.25, -0.2) is 0 Å². The van der Waals surface area contributed by atoms with Crippen molar-refractivity contribution in [1.29, 1.82) is 0 Å². The minimum Gasteiger partial charge on any atom is -0.481 e. The summed E-state index contributed by atoms with van der Waals surface area (Å²) in [4.78, 5) is 123. The predicted octanol–water partition coefficient (Wildman–Crippen LogP) is 0.384. The summed E-state index contributed by atoms with van der Waals surface area (Å²) in [6.07, 6.45) is 4.02. The van der Waals surface area contributed by atoms with E-state index < -0.39 is 108 Å². The molecule has 7 amide bonds. The number of thioether (sulfide) groups is 1. The molecule has 21 heteroatoms. The number of likely N-dealkylation sites (tertiary alicyclic amines) is 1. The number of nitrogens with one attached hydrogen (secondary N) is 7. The number of carbonyl (C=O) groups excluding carboxylic acids is 7. The highest BCUT2D eigenvalue weighted by molar-refractivity contribution is 7.98. The number of fused-ring (bicyclic) bond motifs is 1. The first-order valence-electron chi connectivity index (χ1n) is 21.6. The summed E-state index contributed by atoms with van der Waals surface area (Å²) < 4.78 is 0. The molecule has 8 atom stereocenters. The van der Waals surface area contributed by atoms with E-state index in [0.29, 0.717) is 18.6 Å². The second kappa shape index (κ2) is 25.6. The monoisotopic (exact) mass is 915 g/mol. The number of carboxylic acid groups (broad SMARTS) is 2. The Morgan fingerprint density at radius 1 is 0.828 bits per heavy atom. The van der Waals surface area contributed by atoms with Gasteiger partial charge in [-0.3, -0.25) is 43.2 Å². The van der Waals surface area contributed by atoms with Crippen LogP contribution >= 0.6 is 11.8 Å². The second-order valence-corrected chi connectivity index (χ2v) is 17.5. The zero-order valence-corrected chi connectivity index (χ0v) is 38.2. The Hall–Kier alpha value is -5.70. The SMILES string of the molecule is CC[C@H](C)[C@H](NC(=O)[C@@H]1CCCN1C(=O)[C@H](CCC(=O)O)NC(=O)[C@H](CC(C)C)NC(=O)[C@H](CCSC)NC(=O)[C@H](Cc1c[nH]c2ccccc12)NC(=O)CN)C(=O)N[C@@H](C)C(=O)O. The summed E-state index contributed by atoms with van der Waals surface area (Å²) in [5.41, 5.74) is 7.14. The molecule has 2 heterocycles. The third-order valence-corrected chi connectivity index (χ3v) is 11.8. The van der Waals surface area contributed by atoms with Crippen LogP contribution in [0.5, 0.6) is 0 Å². The first kappa shape index (κ1) is 52.6. The number of H-pyrrole nitrogens is 1. The van der Waals surface area contributed by atoms with Gasteiger partial charge in [0.15, 0.2) is 0 Å². The Morgan fingerprint density at radius 3 is 2.09 bits per heavy atom. The minimum absolute atomic E-state index is 0.0714. The van der Waals surface area contributed by atoms with E-state index in [9.17, 15) is 53.4 Å². The molecule has 11 N–H and O–H groups in total. The van der Waals surface area contributed by atoms with Crippen LogP contribution in [0.25, 0.3) is 10.9 Å². The molecule has 20 nitrogen and oxygen atoms in total. The van der Waals surface area contributed by atoms with Crippen LogP contribution in [-0.2, 0) is 49.6 Å². The molecule has 1 saturated heterocycles. The number of amides is 7. The van der Waals surface area contributed by atoms with Gasteiger partial charge in [0.25, 0.3) is 0 Å². The average molecular weight is 916 g/mol. The van der Waals surface area contributed by atoms with E-state index in [4.69, 9.17) is 5.73 Å². The smallest absolute Gasteiger partial charge is 0.325 e. The van der Waals surface area contributed by atoms with E-state index in [2.05, 4.69) is 36.9 Å². The van der Waals surface area contributed by atoms with Gasteiger partial charge in [-0.05, 0) is 74.5 Å². The van der Waals surface area contributed by atoms with Crippen LogP contribution in [0, 0.1) is 11.8 Å². The molecule has 3 rings (SSSR count). The molecule has 1 fully saturated rings. The molecule has 64 heavy (non-hydrogen) atoms. The fourth-order valence-electron chi connectivity index (χ4n) is 7.35. The van der Waals surface area contributed by atoms with E-state index in [1.165, 1.54) is 23.6 Å². The normalized spacial score (nSPS) is 16.9. The molecule has 2 aromatic rings. The summed E-state index contributed by atoms with van der Waals surface area (Å²) in [5, 5.41) is 35.5. The first-order valence-corrected chi connectivity index (χ1v) is 23.0. The van der Waals surface area contributed by atoms with Crippen molar-refractivity contribution in [2.24, 2.45) is 17.6 Å². The molecular formula is C43H65N9O11S. The number of hydrogen-bond donors (Lipinski definition) is 10. The molecule has 0 radical (unpaired) electrons. The lowest BCUT2D eigenvalue weighted by atomic mass is 9.97. The number of carbonyl (C=O) groups is 9. The van der Waals surface area contributed by atoms with Crippen LogP contribution in [0.4, 0.5) is 0 Å². The van der Waals surface area contributed by atoms with Gasteiger partial charge < -0.3 is 57.7 Å². The van der Waals surface area contributed by atoms with E-state index in [1.807, 2.05) is 44.4 Å². The van der Waals surface area contributed by atoms with Crippen molar-refractivity contribution < 1.29 is 53.4 Å². The summed E-state index contributed by atoms with van der Waals surface area (Å²) in [6.45, 7) is 8.12. The number of nitrogens with zero attached hydrogens (tertiary/aromatic N) is 1. The number of hydrogen-bond acceptors (Lipinski definition) is 11. The van der Waals surface area contributed by atoms with Crippen molar-refractivity contribution in [3.05, 3.63) is 36.0 Å². The lowest BCUT2D eigenvalue weighted by Crippen LogP contribution is -2.60. The van der Waals surface area contributed by atoms with E-state index in [-0.39, 0.29) is 51.1 Å². The van der Waals surface area contributed by atoms with Crippen molar-refractivity contribution in [2.75, 3.05) is 25.1 Å². The molecule has 0 bridgehead atoms. The lowest BCUT2D eigenvalue weighted by Gasteiger charge is -2.32. The van der Waals surface area contributed by atoms with Gasteiger partial charge >= 0.3 is 11.9 Å². The molecular weight excluding hydrogens is 851 g/mol. The Bertz CT molecular complexity index is 1980. The predicted molar refractivity (Wildman–Crippen MR) is 239 cm³/mol. The highest BCUT2D eigenvalue weighted by Gasteiger charge is 2.41. The topological polar surface area (TPSA) is 311 Å². The summed E-state index contributed by atoms with van der Waals surface area (Å²) in [5.74, 6) is -7.53. The molecule has 1 aliphatic rings. The number of rotatable bonds is 26. The molecule has 1 aromatic heterocycles. The maximum absolute atomic E-state index is 14.2. The van der Waals surface area contributed by atoms with Crippen LogP contribution in [0.1, 0.15) is 85.1 Å². The van der Waals surface area contributed by atoms with Gasteiger partial charge in [-0.2, -0.15) is 11.8 Å². The number of carboxylic acids is 2. The van der Waals surface area contributed by atoms with Gasteiger partial charge in [0.05, 0.1) is 6.54 Å². The van der Waals surface area contributed by atoms with Crippen molar-refractivity contribution in [3.8, 4) is 0 Å². The highest BCUT2D eigenvalue weighted by atomic mass is 32.2. The molecule has 0 unspecified atom stereocenters. The maximum Gasteiger partial charge on any atom is 0.325 e. The van der Waals surface area contributed by atoms with Crippen LogP contribution in [0.3, 0.4) is 0 Å². The molecule has 0 saturated carbocycles. The fourth-order valence-corrected chi connectivity index (χ4v) is 7.82. The minimum atomic E-state index is -1.43. The van der Waals surface area contributed by atoms with Crippen LogP contribution in [0.15, 0.2) is 30.5 Å². The molecule has 1 aromatic carbocycles. The van der Waals surface area contributed by atoms with Gasteiger partial charge in [0.1, 0.15) is 42.3 Å². The summed E-state index contributed by atoms with van der Waals surface area (Å²) in [6, 6.07) is -0.972. The highest BCUT2D eigenvalue weighted by Crippen LogP contribution is 2.22. The zero-order valence-electron chi connectivity index (χ0n) is 37.4. The largest absolute Gasteiger partial charge is 0.481 e. The van der Waals surface area contributed by atoms with Gasteiger partial charge in [0.2, 0.25) is 41.4 Å². The average Bonchev–Trinajstić information content (AvgIpc) is 3.92. The summed E-state index contributed by atoms with van der Waals surface area (Å²) in [7, 11) is 0. The Balaban J connectivity index is 1.84. The lowest BCUT2D eigenvalue weighted by molar-refractivity contribution is -0.144. The Morgan fingerprint density at radius 2 is 1.47 bits per heavy atom. The van der Waals surface area contributed by atoms with E-state index in [0.717, 1.165) is 16.5 Å². The molecule has 354 valence electrons. The first-order chi connectivity index (χ1) is 30.3. The molecule has 0 spiro atoms. The number of para-hydroxylation sites is 1. The van der Waals surface area contributed by atoms with Crippen LogP contribution in [-0.4, -0.2) is 141 Å². The Kier molecular flexibility index (Phi) is 21.0. The molecule has 1 aliphatic heterocycles. The number of aliphatic carboxylic acids is 2. The van der Waals surface area contributed by atoms with Gasteiger partial charge in [0, 0.05) is 36.5 Å². The second-order valence-electron chi connectivity index (χ2n) is 16.5. The van der Waals surface area contributed by atoms with Crippen molar-refractivity contribution in [3.63, 3.8) is 0 Å². The van der Waals surface area contributed by atoms with E-state index in [1.54, 1.807) is 20.0 Å². The van der Waals surface area contributed by atoms with E-state index >= 15 is 0 Å². The number of aromatic amines is 1. The third kappa shape index (κ3) is 15.5. The molecule has 0 aliphatic carbocycles. The number of nitrogens with two attached hydrogens (primary N) is 1. The van der Waals surface area contributed by atoms with Crippen molar-refractivity contribution >= 4 is 76.0 Å². The number of aromatic nitrogens is 1. The third-order valence-electron chi connectivity index (χ3n) is 11.1. The standard InChI is InChI=1S/C43H65N9O11S/c1-7-24(4)36(41(60)46-25(5)43(62)63)51-40(59)33-13-10-17-52(33)42(61)30(14-15-35(54)55)49-38(57)31(19-23(2)3)50-37(56)29(16-18-64-6)48-39(58)32(47-34(53)21-44)20-26-22-45-28-12-9-8-11-27(26)28/h8-9,11-12,22-25,29-33,36,45H,7,10,13-21,44H2,1-6H3,(H,46,60)(H,47,53)(H,48,58)(H,49,57)(H,50,56)(H,51,59)(H,54,55)(H,62,63)/t24-,25-,29-,30-,31-,32-,33-,36-/m0/s1. The maximum atomic E-state index is 14.2. The number of benzene rings is 1.